The van der Waals surface area contributed by atoms with Crippen LogP contribution in [0, 0.1) is 19.3 Å². The molecular formula is C8H9NOS. The first-order chi connectivity index (χ1) is 5.06. The second-order valence-corrected chi connectivity index (χ2v) is 3.53. The summed E-state index contributed by atoms with van der Waals surface area (Å²) in [7, 11) is 0. The van der Waals surface area contributed by atoms with Gasteiger partial charge in [0.2, 0.25) is 0 Å². The van der Waals surface area contributed by atoms with Gasteiger partial charge < -0.3 is 5.11 Å². The second-order valence-electron chi connectivity index (χ2n) is 2.47. The Morgan fingerprint density at radius 3 is 2.82 bits per heavy atom. The molecule has 1 rings (SSSR count). The van der Waals surface area contributed by atoms with E-state index >= 15 is 0 Å². The molecule has 0 fully saturated rings. The van der Waals surface area contributed by atoms with Gasteiger partial charge in [-0.15, -0.1) is 17.8 Å². The van der Waals surface area contributed by atoms with E-state index in [0.717, 1.165) is 5.01 Å². The van der Waals surface area contributed by atoms with Gasteiger partial charge in [-0.3, -0.25) is 0 Å². The highest BCUT2D eigenvalue weighted by Gasteiger charge is 2.22. The minimum Gasteiger partial charge on any atom is -0.372 e. The summed E-state index contributed by atoms with van der Waals surface area (Å²) >= 11 is 1.48. The highest BCUT2D eigenvalue weighted by Crippen LogP contribution is 2.20. The summed E-state index contributed by atoms with van der Waals surface area (Å²) in [5.41, 5.74) is -0.660. The Bertz CT molecular complexity index is 295. The quantitative estimate of drug-likeness (QED) is 0.639. The summed E-state index contributed by atoms with van der Waals surface area (Å²) in [6.45, 7) is 3.43. The summed E-state index contributed by atoms with van der Waals surface area (Å²) in [5, 5.41) is 12.2. The predicted molar refractivity (Wildman–Crippen MR) is 45.3 cm³/mol. The topological polar surface area (TPSA) is 33.1 Å². The Morgan fingerprint density at radius 2 is 2.45 bits per heavy atom. The number of terminal acetylenes is 1. The smallest absolute Gasteiger partial charge is 0.165 e. The summed E-state index contributed by atoms with van der Waals surface area (Å²) in [6.07, 6.45) is 5.11. The molecule has 1 aromatic heterocycles. The minimum absolute atomic E-state index is 0.558. The maximum Gasteiger partial charge on any atom is 0.165 e. The molecule has 11 heavy (non-hydrogen) atoms. The first-order valence-electron chi connectivity index (χ1n) is 3.19. The molecule has 0 saturated heterocycles. The van der Waals surface area contributed by atoms with Crippen LogP contribution in [0.15, 0.2) is 5.38 Å². The fraction of sp³-hybridized carbons (Fsp3) is 0.375. The Labute approximate surface area is 69.9 Å². The number of nitrogens with zero attached hydrogens (tertiary/aromatic N) is 1. The highest BCUT2D eigenvalue weighted by atomic mass is 32.1. The zero-order valence-electron chi connectivity index (χ0n) is 6.46. The van der Waals surface area contributed by atoms with Gasteiger partial charge in [0.15, 0.2) is 5.60 Å². The Balaban J connectivity index is 3.04. The average Bonchev–Trinajstić information content (AvgIpc) is 2.36. The van der Waals surface area contributed by atoms with Crippen LogP contribution in [-0.2, 0) is 5.60 Å². The van der Waals surface area contributed by atoms with Crippen LogP contribution in [0.25, 0.3) is 0 Å². The van der Waals surface area contributed by atoms with Crippen molar-refractivity contribution in [3.8, 4) is 12.3 Å². The van der Waals surface area contributed by atoms with E-state index < -0.39 is 5.60 Å². The van der Waals surface area contributed by atoms with Crippen molar-refractivity contribution in [3.63, 3.8) is 0 Å². The molecule has 1 aromatic rings. The molecule has 0 bridgehead atoms. The predicted octanol–water partition coefficient (Wildman–Crippen LogP) is 1.29. The molecule has 1 unspecified atom stereocenters. The normalized spacial score (nSPS) is 15.5. The molecule has 0 saturated carbocycles. The van der Waals surface area contributed by atoms with Crippen LogP contribution in [0.4, 0.5) is 0 Å². The number of aromatic nitrogens is 1. The maximum absolute atomic E-state index is 9.52. The molecule has 0 spiro atoms. The van der Waals surface area contributed by atoms with Crippen LogP contribution < -0.4 is 0 Å². The van der Waals surface area contributed by atoms with Crippen molar-refractivity contribution >= 4 is 11.3 Å². The molecule has 3 heteroatoms. The van der Waals surface area contributed by atoms with Crippen molar-refractivity contribution in [3.05, 3.63) is 16.1 Å². The zero-order chi connectivity index (χ0) is 8.48. The average molecular weight is 167 g/mol. The van der Waals surface area contributed by atoms with Gasteiger partial charge in [-0.25, -0.2) is 4.98 Å². The van der Waals surface area contributed by atoms with Gasteiger partial charge in [0.1, 0.15) is 0 Å². The third-order valence-corrected chi connectivity index (χ3v) is 2.17. The van der Waals surface area contributed by atoms with Gasteiger partial charge in [0.05, 0.1) is 10.7 Å². The minimum atomic E-state index is -1.22. The zero-order valence-corrected chi connectivity index (χ0v) is 7.27. The lowest BCUT2D eigenvalue weighted by atomic mass is 10.1. The van der Waals surface area contributed by atoms with Crippen LogP contribution in [0.3, 0.4) is 0 Å². The van der Waals surface area contributed by atoms with Crippen LogP contribution in [-0.4, -0.2) is 10.1 Å². The SMILES string of the molecule is C#CC(C)(O)c1csc(C)n1. The van der Waals surface area contributed by atoms with Crippen LogP contribution in [0.1, 0.15) is 17.6 Å². The Hall–Kier alpha value is -0.850. The molecular weight excluding hydrogens is 158 g/mol. The van der Waals surface area contributed by atoms with E-state index in [1.165, 1.54) is 11.3 Å². The largest absolute Gasteiger partial charge is 0.372 e. The van der Waals surface area contributed by atoms with Crippen molar-refractivity contribution in [1.82, 2.24) is 4.98 Å². The number of aliphatic hydroxyl groups is 1. The van der Waals surface area contributed by atoms with Gasteiger partial charge in [-0.2, -0.15) is 0 Å². The molecule has 58 valence electrons. The standard InChI is InChI=1S/C8H9NOS/c1-4-8(3,10)7-5-11-6(2)9-7/h1,5,10H,2-3H3. The van der Waals surface area contributed by atoms with Crippen LogP contribution in [0.2, 0.25) is 0 Å². The summed E-state index contributed by atoms with van der Waals surface area (Å²) < 4.78 is 0. The number of rotatable bonds is 1. The lowest BCUT2D eigenvalue weighted by molar-refractivity contribution is 0.118. The van der Waals surface area contributed by atoms with Crippen molar-refractivity contribution < 1.29 is 5.11 Å². The summed E-state index contributed by atoms with van der Waals surface area (Å²) in [5.74, 6) is 2.27. The van der Waals surface area contributed by atoms with E-state index in [1.807, 2.05) is 6.92 Å². The molecule has 1 N–H and O–H groups in total. The van der Waals surface area contributed by atoms with Gasteiger partial charge >= 0.3 is 0 Å². The van der Waals surface area contributed by atoms with E-state index in [4.69, 9.17) is 6.42 Å². The van der Waals surface area contributed by atoms with Crippen molar-refractivity contribution in [1.29, 1.82) is 0 Å². The second kappa shape index (κ2) is 2.65. The van der Waals surface area contributed by atoms with Gasteiger partial charge in [0.25, 0.3) is 0 Å². The number of hydrogen-bond donors (Lipinski definition) is 1. The first-order valence-corrected chi connectivity index (χ1v) is 4.07. The Morgan fingerprint density at radius 1 is 1.82 bits per heavy atom. The molecule has 0 aliphatic heterocycles. The molecule has 1 heterocycles. The van der Waals surface area contributed by atoms with E-state index in [0.29, 0.717) is 5.69 Å². The molecule has 0 radical (unpaired) electrons. The maximum atomic E-state index is 9.52. The number of aryl methyl sites for hydroxylation is 1. The van der Waals surface area contributed by atoms with E-state index in [1.54, 1.807) is 12.3 Å². The first kappa shape index (κ1) is 8.25. The summed E-state index contributed by atoms with van der Waals surface area (Å²) in [4.78, 5) is 4.08. The highest BCUT2D eigenvalue weighted by molar-refractivity contribution is 7.09. The van der Waals surface area contributed by atoms with Crippen LogP contribution in [0.5, 0.6) is 0 Å². The van der Waals surface area contributed by atoms with Gasteiger partial charge in [-0.05, 0) is 13.8 Å². The number of thiazole rings is 1. The number of hydrogen-bond acceptors (Lipinski definition) is 3. The molecule has 0 amide bonds. The molecule has 0 aliphatic rings. The molecule has 0 aromatic carbocycles. The summed E-state index contributed by atoms with van der Waals surface area (Å²) in [6, 6.07) is 0. The van der Waals surface area contributed by atoms with Gasteiger partial charge in [-0.1, -0.05) is 5.92 Å². The van der Waals surface area contributed by atoms with Crippen molar-refractivity contribution in [2.75, 3.05) is 0 Å². The van der Waals surface area contributed by atoms with Crippen molar-refractivity contribution in [2.24, 2.45) is 0 Å². The van der Waals surface area contributed by atoms with E-state index in [2.05, 4.69) is 10.9 Å². The fourth-order valence-electron chi connectivity index (χ4n) is 0.661. The van der Waals surface area contributed by atoms with Crippen LogP contribution >= 0.6 is 11.3 Å². The monoisotopic (exact) mass is 167 g/mol. The van der Waals surface area contributed by atoms with E-state index in [9.17, 15) is 5.11 Å². The Kier molecular flexibility index (Phi) is 1.99. The third kappa shape index (κ3) is 1.59. The van der Waals surface area contributed by atoms with E-state index in [-0.39, 0.29) is 0 Å². The molecule has 1 atom stereocenters. The fourth-order valence-corrected chi connectivity index (χ4v) is 1.38. The molecule has 2 nitrogen and oxygen atoms in total. The lowest BCUT2D eigenvalue weighted by Crippen LogP contribution is -2.18. The lowest BCUT2D eigenvalue weighted by Gasteiger charge is -2.11. The van der Waals surface area contributed by atoms with Crippen molar-refractivity contribution in [2.45, 2.75) is 19.4 Å². The molecule has 0 aliphatic carbocycles. The van der Waals surface area contributed by atoms with Gasteiger partial charge in [0, 0.05) is 5.38 Å². The third-order valence-electron chi connectivity index (χ3n) is 1.40.